The highest BCUT2D eigenvalue weighted by molar-refractivity contribution is 14.1. The number of hydrogen-bond acceptors (Lipinski definition) is 7. The van der Waals surface area contributed by atoms with Gasteiger partial charge in [0.1, 0.15) is 35.4 Å². The molecule has 1 N–H and O–H groups in total. The van der Waals surface area contributed by atoms with Gasteiger partial charge in [-0.15, -0.1) is 0 Å². The lowest BCUT2D eigenvalue weighted by molar-refractivity contribution is -0.137. The number of carbonyl (C=O) groups excluding carboxylic acids is 3. The van der Waals surface area contributed by atoms with E-state index in [2.05, 4.69) is 63.9 Å². The molecule has 3 aromatic heterocycles. The first-order chi connectivity index (χ1) is 20.0. The molecule has 0 spiro atoms. The summed E-state index contributed by atoms with van der Waals surface area (Å²) in [7, 11) is 0. The van der Waals surface area contributed by atoms with Gasteiger partial charge in [0.15, 0.2) is 11.6 Å². The molecule has 2 amide bonds. The van der Waals surface area contributed by atoms with E-state index in [4.69, 9.17) is 0 Å². The third-order valence-electron chi connectivity index (χ3n) is 7.37. The standard InChI is InChI=1S/C29H28BrFIN7O3/c1-14-5-6-22(30)35-28(14)36-29(42)21-8-16(3)27(32)39(21)24(41)13-38-26-15(2)7-18(9-20(26)25(37-38)17(4)40)19-11-33-23(10-31)34-12-19/h5-7,9,11-12,16,21,27H,8,10,13H2,1-4H3,(H,35,36,42)/t16-,21-,27-/m0/s1. The van der Waals surface area contributed by atoms with Crippen LogP contribution in [0.5, 0.6) is 0 Å². The summed E-state index contributed by atoms with van der Waals surface area (Å²) in [6, 6.07) is 6.66. The fourth-order valence-corrected chi connectivity index (χ4v) is 6.55. The summed E-state index contributed by atoms with van der Waals surface area (Å²) in [5.74, 6) is -0.226. The SMILES string of the molecule is CC(=O)c1nn(CC(=O)N2[C@H](I)[C@@H](C)C[C@H]2C(=O)Nc2nc(Br)ccc2C)c2c(C)cc(-c3cnc(CF)nc3)cc12. The number of ketones is 1. The predicted molar refractivity (Wildman–Crippen MR) is 168 cm³/mol. The van der Waals surface area contributed by atoms with Gasteiger partial charge in [-0.05, 0) is 77.0 Å². The van der Waals surface area contributed by atoms with E-state index in [0.29, 0.717) is 33.3 Å². The van der Waals surface area contributed by atoms with Crippen LogP contribution in [0.4, 0.5) is 10.2 Å². The number of benzene rings is 1. The van der Waals surface area contributed by atoms with Crippen LogP contribution in [0.1, 0.15) is 47.7 Å². The van der Waals surface area contributed by atoms with Crippen molar-refractivity contribution in [3.8, 4) is 11.1 Å². The molecule has 4 aromatic rings. The minimum atomic E-state index is -0.759. The van der Waals surface area contributed by atoms with Crippen LogP contribution < -0.4 is 5.32 Å². The summed E-state index contributed by atoms with van der Waals surface area (Å²) < 4.78 is 14.8. The number of aryl methyl sites for hydroxylation is 2. The van der Waals surface area contributed by atoms with Crippen molar-refractivity contribution < 1.29 is 18.8 Å². The van der Waals surface area contributed by atoms with Crippen molar-refractivity contribution in [3.63, 3.8) is 0 Å². The fraction of sp³-hybridized carbons (Fsp3) is 0.345. The minimum absolute atomic E-state index is 0.0827. The molecule has 0 radical (unpaired) electrons. The van der Waals surface area contributed by atoms with Crippen LogP contribution in [0.15, 0.2) is 41.3 Å². The Hall–Kier alpha value is -3.33. The fourth-order valence-electron chi connectivity index (χ4n) is 5.25. The number of hydrogen-bond donors (Lipinski definition) is 1. The molecular formula is C29H28BrFIN7O3. The molecule has 0 bridgehead atoms. The number of halogens is 3. The second kappa shape index (κ2) is 12.1. The van der Waals surface area contributed by atoms with Crippen LogP contribution in [-0.4, -0.2) is 57.3 Å². The van der Waals surface area contributed by atoms with Gasteiger partial charge in [0.2, 0.25) is 11.8 Å². The van der Waals surface area contributed by atoms with E-state index in [1.807, 2.05) is 39.0 Å². The van der Waals surface area contributed by atoms with Gasteiger partial charge >= 0.3 is 0 Å². The van der Waals surface area contributed by atoms with E-state index in [1.54, 1.807) is 11.0 Å². The highest BCUT2D eigenvalue weighted by Gasteiger charge is 2.44. The maximum absolute atomic E-state index is 13.9. The molecule has 0 saturated carbocycles. The van der Waals surface area contributed by atoms with E-state index in [9.17, 15) is 18.8 Å². The van der Waals surface area contributed by atoms with Crippen molar-refractivity contribution in [3.05, 3.63) is 63.9 Å². The van der Waals surface area contributed by atoms with Gasteiger partial charge in [0.25, 0.3) is 0 Å². The maximum atomic E-state index is 13.9. The van der Waals surface area contributed by atoms with E-state index in [-0.39, 0.29) is 45.6 Å². The molecule has 10 nitrogen and oxygen atoms in total. The van der Waals surface area contributed by atoms with Crippen LogP contribution in [0.25, 0.3) is 22.0 Å². The van der Waals surface area contributed by atoms with E-state index < -0.39 is 12.7 Å². The molecule has 0 aliphatic carbocycles. The molecule has 1 saturated heterocycles. The van der Waals surface area contributed by atoms with Crippen LogP contribution in [-0.2, 0) is 22.8 Å². The summed E-state index contributed by atoms with van der Waals surface area (Å²) in [5.41, 5.74) is 3.88. The number of Topliss-reactive ketones (excluding diaryl/α,β-unsaturated/α-hetero) is 1. The Balaban J connectivity index is 1.47. The zero-order valence-electron chi connectivity index (χ0n) is 23.4. The van der Waals surface area contributed by atoms with Crippen LogP contribution in [0, 0.1) is 19.8 Å². The number of amides is 2. The molecule has 1 aliphatic rings. The number of nitrogens with one attached hydrogen (secondary N) is 1. The van der Waals surface area contributed by atoms with E-state index in [0.717, 1.165) is 16.7 Å². The van der Waals surface area contributed by atoms with Gasteiger partial charge in [-0.25, -0.2) is 19.3 Å². The van der Waals surface area contributed by atoms with Crippen LogP contribution in [0.3, 0.4) is 0 Å². The number of anilines is 1. The zero-order valence-corrected chi connectivity index (χ0v) is 27.1. The molecule has 3 atom stereocenters. The summed E-state index contributed by atoms with van der Waals surface area (Å²) >= 11 is 5.55. The normalized spacial score (nSPS) is 18.5. The highest BCUT2D eigenvalue weighted by Crippen LogP contribution is 2.36. The van der Waals surface area contributed by atoms with Crippen molar-refractivity contribution in [1.29, 1.82) is 0 Å². The first kappa shape index (κ1) is 30.1. The topological polar surface area (TPSA) is 123 Å². The van der Waals surface area contributed by atoms with Gasteiger partial charge < -0.3 is 10.2 Å². The predicted octanol–water partition coefficient (Wildman–Crippen LogP) is 5.58. The monoisotopic (exact) mass is 747 g/mol. The molecule has 4 heterocycles. The largest absolute Gasteiger partial charge is 0.317 e. The Labute approximate surface area is 263 Å². The summed E-state index contributed by atoms with van der Waals surface area (Å²) in [6.45, 7) is 6.26. The van der Waals surface area contributed by atoms with Gasteiger partial charge in [-0.1, -0.05) is 35.6 Å². The Morgan fingerprint density at radius 3 is 2.50 bits per heavy atom. The highest BCUT2D eigenvalue weighted by atomic mass is 127. The molecule has 1 aliphatic heterocycles. The van der Waals surface area contributed by atoms with Crippen molar-refractivity contribution >= 4 is 72.8 Å². The lowest BCUT2D eigenvalue weighted by atomic mass is 10.0. The molecule has 42 heavy (non-hydrogen) atoms. The number of pyridine rings is 1. The molecule has 0 unspecified atom stereocenters. The Morgan fingerprint density at radius 2 is 1.83 bits per heavy atom. The summed E-state index contributed by atoms with van der Waals surface area (Å²) in [4.78, 5) is 54.0. The third-order valence-corrected chi connectivity index (χ3v) is 9.64. The number of carbonyl (C=O) groups is 3. The molecule has 5 rings (SSSR count). The zero-order chi connectivity index (χ0) is 30.3. The van der Waals surface area contributed by atoms with Gasteiger partial charge in [0, 0.05) is 30.3 Å². The molecule has 1 aromatic carbocycles. The second-order valence-corrected chi connectivity index (χ2v) is 12.6. The number of likely N-dealkylation sites (tertiary alicyclic amines) is 1. The number of alkyl halides is 2. The van der Waals surface area contributed by atoms with Gasteiger partial charge in [-0.2, -0.15) is 5.10 Å². The lowest BCUT2D eigenvalue weighted by Gasteiger charge is -2.27. The van der Waals surface area contributed by atoms with E-state index >= 15 is 0 Å². The lowest BCUT2D eigenvalue weighted by Crippen LogP contribution is -2.47. The molecule has 218 valence electrons. The number of aromatic nitrogens is 5. The average Bonchev–Trinajstić information content (AvgIpc) is 3.47. The van der Waals surface area contributed by atoms with Crippen molar-refractivity contribution in [2.75, 3.05) is 5.32 Å². The van der Waals surface area contributed by atoms with Crippen LogP contribution in [0.2, 0.25) is 0 Å². The Kier molecular flexibility index (Phi) is 8.69. The number of fused-ring (bicyclic) bond motifs is 1. The average molecular weight is 748 g/mol. The second-order valence-electron chi connectivity index (χ2n) is 10.5. The summed E-state index contributed by atoms with van der Waals surface area (Å²) in [5, 5.41) is 8.03. The third kappa shape index (κ3) is 5.80. The Morgan fingerprint density at radius 1 is 1.12 bits per heavy atom. The first-order valence-electron chi connectivity index (χ1n) is 13.3. The first-order valence-corrected chi connectivity index (χ1v) is 15.3. The summed E-state index contributed by atoms with van der Waals surface area (Å²) in [6.07, 6.45) is 3.58. The minimum Gasteiger partial charge on any atom is -0.317 e. The molecule has 1 fully saturated rings. The molecule has 13 heteroatoms. The Bertz CT molecular complexity index is 1710. The smallest absolute Gasteiger partial charge is 0.248 e. The number of nitrogens with zero attached hydrogens (tertiary/aromatic N) is 6. The van der Waals surface area contributed by atoms with Gasteiger partial charge in [0.05, 0.1) is 9.57 Å². The van der Waals surface area contributed by atoms with Crippen molar-refractivity contribution in [1.82, 2.24) is 29.6 Å². The van der Waals surface area contributed by atoms with Crippen LogP contribution >= 0.6 is 38.5 Å². The van der Waals surface area contributed by atoms with E-state index in [1.165, 1.54) is 24.0 Å². The van der Waals surface area contributed by atoms with Crippen molar-refractivity contribution in [2.24, 2.45) is 5.92 Å². The molecular weight excluding hydrogens is 720 g/mol. The van der Waals surface area contributed by atoms with Gasteiger partial charge in [-0.3, -0.25) is 19.1 Å². The number of rotatable bonds is 7. The quantitative estimate of drug-likeness (QED) is 0.0862. The maximum Gasteiger partial charge on any atom is 0.248 e. The van der Waals surface area contributed by atoms with Crippen molar-refractivity contribution in [2.45, 2.75) is 57.4 Å².